The first-order chi connectivity index (χ1) is 8.68. The third kappa shape index (κ3) is 1.64. The molecule has 0 spiro atoms. The summed E-state index contributed by atoms with van der Waals surface area (Å²) in [6.07, 6.45) is 2.45. The molecule has 1 aliphatic carbocycles. The normalized spacial score (nSPS) is 27.5. The predicted molar refractivity (Wildman–Crippen MR) is 65.2 cm³/mol. The van der Waals surface area contributed by atoms with Crippen LogP contribution in [0.15, 0.2) is 24.3 Å². The van der Waals surface area contributed by atoms with Gasteiger partial charge in [0, 0.05) is 6.04 Å². The standard InChI is InChI=1S/C14H15NO3/c16-10-7-5-9(6-8-10)15-13(17)11-3-1-2-4-12(11)14(15)18/h1-4,9-10,16H,5-8H2/t9-,10+. The van der Waals surface area contributed by atoms with E-state index in [2.05, 4.69) is 0 Å². The van der Waals surface area contributed by atoms with Gasteiger partial charge in [0.05, 0.1) is 17.2 Å². The van der Waals surface area contributed by atoms with Crippen LogP contribution in [-0.4, -0.2) is 34.0 Å². The first-order valence-electron chi connectivity index (χ1n) is 6.33. The van der Waals surface area contributed by atoms with Crippen LogP contribution in [0.5, 0.6) is 0 Å². The summed E-state index contributed by atoms with van der Waals surface area (Å²) in [7, 11) is 0. The Bertz CT molecular complexity index is 469. The molecule has 4 nitrogen and oxygen atoms in total. The molecule has 1 aromatic carbocycles. The lowest BCUT2D eigenvalue weighted by Gasteiger charge is -2.31. The summed E-state index contributed by atoms with van der Waals surface area (Å²) >= 11 is 0. The summed E-state index contributed by atoms with van der Waals surface area (Å²) in [6.45, 7) is 0. The third-order valence-corrected chi connectivity index (χ3v) is 3.86. The Kier molecular flexibility index (Phi) is 2.67. The molecule has 0 unspecified atom stereocenters. The van der Waals surface area contributed by atoms with E-state index in [4.69, 9.17) is 0 Å². The average Bonchev–Trinajstić information content (AvgIpc) is 2.64. The zero-order valence-corrected chi connectivity index (χ0v) is 10.0. The monoisotopic (exact) mass is 245 g/mol. The molecule has 4 heteroatoms. The third-order valence-electron chi connectivity index (χ3n) is 3.86. The molecule has 1 fully saturated rings. The maximum atomic E-state index is 12.2. The van der Waals surface area contributed by atoms with Crippen LogP contribution in [0, 0.1) is 0 Å². The Morgan fingerprint density at radius 1 is 0.944 bits per heavy atom. The number of benzene rings is 1. The summed E-state index contributed by atoms with van der Waals surface area (Å²) in [6, 6.07) is 6.90. The van der Waals surface area contributed by atoms with Crippen LogP contribution in [0.2, 0.25) is 0 Å². The van der Waals surface area contributed by atoms with Gasteiger partial charge in [-0.05, 0) is 37.8 Å². The molecule has 94 valence electrons. The number of aliphatic hydroxyl groups is 1. The number of carbonyl (C=O) groups is 2. The molecule has 0 saturated heterocycles. The maximum absolute atomic E-state index is 12.2. The highest BCUT2D eigenvalue weighted by molar-refractivity contribution is 6.21. The number of imide groups is 1. The van der Waals surface area contributed by atoms with E-state index in [1.807, 2.05) is 0 Å². The zero-order valence-electron chi connectivity index (χ0n) is 10.0. The quantitative estimate of drug-likeness (QED) is 0.764. The molecule has 1 heterocycles. The van der Waals surface area contributed by atoms with Crippen LogP contribution in [0.4, 0.5) is 0 Å². The summed E-state index contributed by atoms with van der Waals surface area (Å²) in [5, 5.41) is 9.49. The number of fused-ring (bicyclic) bond motifs is 1. The lowest BCUT2D eigenvalue weighted by atomic mass is 9.92. The van der Waals surface area contributed by atoms with Crippen molar-refractivity contribution in [3.63, 3.8) is 0 Å². The Morgan fingerprint density at radius 3 is 1.94 bits per heavy atom. The molecule has 1 N–H and O–H groups in total. The Morgan fingerprint density at radius 2 is 1.44 bits per heavy atom. The summed E-state index contributed by atoms with van der Waals surface area (Å²) in [4.78, 5) is 25.8. The van der Waals surface area contributed by atoms with E-state index in [0.29, 0.717) is 36.8 Å². The zero-order chi connectivity index (χ0) is 12.7. The van der Waals surface area contributed by atoms with Crippen LogP contribution in [0.3, 0.4) is 0 Å². The lowest BCUT2D eigenvalue weighted by Crippen LogP contribution is -2.42. The smallest absolute Gasteiger partial charge is 0.261 e. The van der Waals surface area contributed by atoms with Crippen molar-refractivity contribution in [3.05, 3.63) is 35.4 Å². The first-order valence-corrected chi connectivity index (χ1v) is 6.33. The van der Waals surface area contributed by atoms with E-state index in [1.165, 1.54) is 4.90 Å². The van der Waals surface area contributed by atoms with Crippen molar-refractivity contribution >= 4 is 11.8 Å². The Labute approximate surface area is 105 Å². The molecule has 1 aromatic rings. The van der Waals surface area contributed by atoms with Gasteiger partial charge in [0.25, 0.3) is 11.8 Å². The fourth-order valence-electron chi connectivity index (χ4n) is 2.86. The number of hydrogen-bond acceptors (Lipinski definition) is 3. The predicted octanol–water partition coefficient (Wildman–Crippen LogP) is 1.59. The molecule has 3 rings (SSSR count). The van der Waals surface area contributed by atoms with Gasteiger partial charge in [-0.25, -0.2) is 0 Å². The van der Waals surface area contributed by atoms with E-state index < -0.39 is 0 Å². The van der Waals surface area contributed by atoms with Gasteiger partial charge < -0.3 is 5.11 Å². The molecule has 0 aromatic heterocycles. The van der Waals surface area contributed by atoms with Gasteiger partial charge in [0.15, 0.2) is 0 Å². The van der Waals surface area contributed by atoms with Gasteiger partial charge in [0.2, 0.25) is 0 Å². The fourth-order valence-corrected chi connectivity index (χ4v) is 2.86. The molecular weight excluding hydrogens is 230 g/mol. The molecular formula is C14H15NO3. The number of rotatable bonds is 1. The van der Waals surface area contributed by atoms with E-state index >= 15 is 0 Å². The van der Waals surface area contributed by atoms with Crippen molar-refractivity contribution in [2.45, 2.75) is 37.8 Å². The van der Waals surface area contributed by atoms with Crippen molar-refractivity contribution in [1.29, 1.82) is 0 Å². The second-order valence-electron chi connectivity index (χ2n) is 4.99. The lowest BCUT2D eigenvalue weighted by molar-refractivity contribution is 0.0449. The van der Waals surface area contributed by atoms with Gasteiger partial charge in [-0.15, -0.1) is 0 Å². The molecule has 1 aliphatic heterocycles. The van der Waals surface area contributed by atoms with Gasteiger partial charge >= 0.3 is 0 Å². The van der Waals surface area contributed by atoms with E-state index in [9.17, 15) is 14.7 Å². The maximum Gasteiger partial charge on any atom is 0.261 e. The van der Waals surface area contributed by atoms with Crippen LogP contribution in [0.25, 0.3) is 0 Å². The first kappa shape index (κ1) is 11.4. The number of hydrogen-bond donors (Lipinski definition) is 1. The van der Waals surface area contributed by atoms with Crippen molar-refractivity contribution in [2.75, 3.05) is 0 Å². The number of amides is 2. The Hall–Kier alpha value is -1.68. The molecule has 18 heavy (non-hydrogen) atoms. The molecule has 2 amide bonds. The molecule has 0 atom stereocenters. The highest BCUT2D eigenvalue weighted by Crippen LogP contribution is 2.30. The van der Waals surface area contributed by atoms with Gasteiger partial charge in [-0.1, -0.05) is 12.1 Å². The van der Waals surface area contributed by atoms with E-state index in [-0.39, 0.29) is 24.0 Å². The minimum Gasteiger partial charge on any atom is -0.393 e. The van der Waals surface area contributed by atoms with Gasteiger partial charge in [0.1, 0.15) is 0 Å². The van der Waals surface area contributed by atoms with E-state index in [1.54, 1.807) is 24.3 Å². The largest absolute Gasteiger partial charge is 0.393 e. The number of carbonyl (C=O) groups excluding carboxylic acids is 2. The summed E-state index contributed by atoms with van der Waals surface area (Å²) < 4.78 is 0. The van der Waals surface area contributed by atoms with Crippen molar-refractivity contribution in [2.24, 2.45) is 0 Å². The van der Waals surface area contributed by atoms with E-state index in [0.717, 1.165) is 0 Å². The molecule has 2 aliphatic rings. The van der Waals surface area contributed by atoms with Crippen molar-refractivity contribution in [1.82, 2.24) is 4.90 Å². The molecule has 0 radical (unpaired) electrons. The Balaban J connectivity index is 1.88. The highest BCUT2D eigenvalue weighted by Gasteiger charge is 2.40. The van der Waals surface area contributed by atoms with Crippen molar-refractivity contribution < 1.29 is 14.7 Å². The SMILES string of the molecule is O=C1c2ccccc2C(=O)N1[C@H]1CC[C@@H](O)CC1. The second-order valence-corrected chi connectivity index (χ2v) is 4.99. The minimum atomic E-state index is -0.281. The highest BCUT2D eigenvalue weighted by atomic mass is 16.3. The van der Waals surface area contributed by atoms with Crippen LogP contribution in [-0.2, 0) is 0 Å². The molecule has 0 bridgehead atoms. The number of nitrogens with zero attached hydrogens (tertiary/aromatic N) is 1. The van der Waals surface area contributed by atoms with Crippen LogP contribution in [0.1, 0.15) is 46.4 Å². The van der Waals surface area contributed by atoms with Crippen LogP contribution >= 0.6 is 0 Å². The summed E-state index contributed by atoms with van der Waals surface area (Å²) in [5.41, 5.74) is 1.02. The summed E-state index contributed by atoms with van der Waals surface area (Å²) in [5.74, 6) is -0.367. The van der Waals surface area contributed by atoms with Gasteiger partial charge in [-0.2, -0.15) is 0 Å². The molecule has 1 saturated carbocycles. The van der Waals surface area contributed by atoms with Gasteiger partial charge in [-0.3, -0.25) is 14.5 Å². The topological polar surface area (TPSA) is 57.6 Å². The number of aliphatic hydroxyl groups excluding tert-OH is 1. The van der Waals surface area contributed by atoms with Crippen molar-refractivity contribution in [3.8, 4) is 0 Å². The fraction of sp³-hybridized carbons (Fsp3) is 0.429. The second kappa shape index (κ2) is 4.21. The van der Waals surface area contributed by atoms with Crippen LogP contribution < -0.4 is 0 Å². The average molecular weight is 245 g/mol. The minimum absolute atomic E-state index is 0.0548.